The molecule has 0 saturated heterocycles. The molecule has 0 unspecified atom stereocenters. The first-order valence-corrected chi connectivity index (χ1v) is 43.6. The van der Waals surface area contributed by atoms with E-state index in [1.807, 2.05) is 229 Å². The lowest BCUT2D eigenvalue weighted by atomic mass is 9.87. The van der Waals surface area contributed by atoms with Crippen LogP contribution in [-0.4, -0.2) is 126 Å². The number of nitro groups is 1. The van der Waals surface area contributed by atoms with Crippen molar-refractivity contribution >= 4 is 125 Å². The molecule has 4 N–H and O–H groups in total. The van der Waals surface area contributed by atoms with E-state index in [0.29, 0.717) is 84.1 Å². The second-order valence-electron chi connectivity index (χ2n) is 36.4. The number of carboxylic acids is 1. The number of nitrogens with two attached hydrogens (primary N) is 1. The Morgan fingerprint density at radius 3 is 1.13 bits per heavy atom. The third-order valence-electron chi connectivity index (χ3n) is 22.7. The summed E-state index contributed by atoms with van der Waals surface area (Å²) in [5.74, 6) is 0.0896. The predicted molar refractivity (Wildman–Crippen MR) is 510 cm³/mol. The molecule has 0 amide bonds. The number of nitro benzene ring substituents is 1. The van der Waals surface area contributed by atoms with E-state index in [-0.39, 0.29) is 5.69 Å². The highest BCUT2D eigenvalue weighted by Gasteiger charge is 2.42. The van der Waals surface area contributed by atoms with Crippen LogP contribution in [-0.2, 0) is 72.0 Å². The number of aromatic nitrogens is 10. The molecule has 2 aliphatic rings. The average molecular weight is 1840 g/mol. The zero-order chi connectivity index (χ0) is 94.9. The molecule has 4 atom stereocenters. The highest BCUT2D eigenvalue weighted by atomic mass is 35.5. The van der Waals surface area contributed by atoms with Crippen LogP contribution in [0, 0.1) is 77.8 Å². The van der Waals surface area contributed by atoms with Gasteiger partial charge in [0.05, 0.1) is 126 Å². The van der Waals surface area contributed by atoms with Gasteiger partial charge in [0.25, 0.3) is 5.69 Å². The fourth-order valence-corrected chi connectivity index (χ4v) is 18.0. The first-order valence-electron chi connectivity index (χ1n) is 42.1. The number of terminal acetylenes is 1. The normalized spacial score (nSPS) is 13.2. The van der Waals surface area contributed by atoms with Crippen molar-refractivity contribution in [1.82, 2.24) is 48.7 Å². The number of carboxylic acid groups (broad SMARTS) is 1. The molecule has 0 bridgehead atoms. The van der Waals surface area contributed by atoms with Gasteiger partial charge in [0.15, 0.2) is 24.4 Å². The number of aromatic amines is 1. The standard InChI is InChI=1S/C26H27ClN4O3.C26H29ClN2O3.C25H25ClN4O3.C23H25ClN2O5/c1-14-11-19-21(16-7-9-17(27)10-8-16)20(24(25(32)33-6)34-26(3,4)5)15(2)22-23(19)30(14)13-18-12-28-29-31(18)22;1-8-13-29-15(2)14-19-21(17-9-11-18(27)12-10-17)20(16(3)22(28)23(19)29)24(25(30)31-7)32-26(4,5)6;1-13-10-18-20(15-6-8-16(26)9-7-15)19(23(24(31)32)33-25(3,4)5)14(2)21-22(18)29(13)12-17-11-27-28-30(17)21;1-12-11-16-18(14-7-9-15(24)10-8-14)17(13(2)20(26(28)29)19(16)25-12)21(22(27)30-6)31-23(3,4)5/h7-12,24H,13H2,1-6H3;1,9-12,14,24H,13,28H2,2-7H3;6-11,23H,12H2,1-5H3,(H,31,32);7-11,21,25H,1-6H3/t2*24-;23-;21-/m0000/s1. The van der Waals surface area contributed by atoms with E-state index < -0.39 is 75.6 Å². The summed E-state index contributed by atoms with van der Waals surface area (Å²) in [6.07, 6.45) is 4.93. The van der Waals surface area contributed by atoms with Crippen molar-refractivity contribution in [3.05, 3.63) is 243 Å². The van der Waals surface area contributed by atoms with Crippen molar-refractivity contribution in [2.75, 3.05) is 27.1 Å². The molecule has 16 rings (SSSR count). The van der Waals surface area contributed by atoms with Crippen LogP contribution in [0.1, 0.15) is 186 Å². The van der Waals surface area contributed by atoms with Crippen LogP contribution >= 0.6 is 46.4 Å². The molecule has 130 heavy (non-hydrogen) atoms. The fourth-order valence-electron chi connectivity index (χ4n) is 17.5. The van der Waals surface area contributed by atoms with Crippen LogP contribution in [0.15, 0.2) is 134 Å². The molecular weight excluding hydrogens is 1730 g/mol. The SMILES string of the molecule is C#CCn1c(C)cc2c(-c3ccc(Cl)cc3)c([C@H](OC(C)(C)C)C(=O)OC)c(C)c(N)c21.COC(=O)[C@@H](OC(C)(C)C)c1c(C)c([N+](=O)[O-])c2[nH]c(C)cc2c1-c1ccc(Cl)cc1.COC(=O)[C@@H](OC(C)(C)C)c1c(C)c2c3c(cc(C)n3Cc3cnnn3-2)c1-c1ccc(Cl)cc1.Cc1c([C@H](OC(C)(C)C)C(=O)O)c(-c2ccc(Cl)cc2)c2cc(C)n3c2c1-n1nncc1C3. The van der Waals surface area contributed by atoms with E-state index in [2.05, 4.69) is 66.6 Å². The molecule has 0 fully saturated rings. The molecule has 8 aromatic carbocycles. The molecular formula is C100H106Cl4N12O14. The smallest absolute Gasteiger partial charge is 0.339 e. The summed E-state index contributed by atoms with van der Waals surface area (Å²) < 4.78 is 50.5. The number of esters is 3. The summed E-state index contributed by atoms with van der Waals surface area (Å²) in [6.45, 7) is 39.7. The molecule has 0 spiro atoms. The number of nitrogen functional groups attached to an aromatic ring is 1. The molecule has 0 aliphatic carbocycles. The number of hydrogen-bond acceptors (Lipinski definition) is 18. The number of benzene rings is 8. The maximum absolute atomic E-state index is 13.2. The van der Waals surface area contributed by atoms with Gasteiger partial charge in [0.2, 0.25) is 0 Å². The molecule has 14 aromatic rings. The Hall–Kier alpha value is -12.2. The number of carbonyl (C=O) groups is 4. The fraction of sp³-hybridized carbons (Fsp3) is 0.340. The van der Waals surface area contributed by atoms with Crippen molar-refractivity contribution in [1.29, 1.82) is 0 Å². The number of aliphatic carboxylic acids is 1. The van der Waals surface area contributed by atoms with Gasteiger partial charge in [-0.1, -0.05) is 111 Å². The molecule has 2 aliphatic heterocycles. The summed E-state index contributed by atoms with van der Waals surface area (Å²) in [7, 11) is 4.01. The van der Waals surface area contributed by atoms with Gasteiger partial charge in [-0.25, -0.2) is 28.5 Å². The van der Waals surface area contributed by atoms with Crippen LogP contribution < -0.4 is 5.73 Å². The maximum atomic E-state index is 13.2. The number of H-pyrrole nitrogens is 1. The molecule has 6 aromatic heterocycles. The summed E-state index contributed by atoms with van der Waals surface area (Å²) in [5, 5.41) is 45.3. The Kier molecular flexibility index (Phi) is 27.2. The number of ether oxygens (including phenoxy) is 7. The van der Waals surface area contributed by atoms with Crippen molar-refractivity contribution in [3.8, 4) is 68.2 Å². The van der Waals surface area contributed by atoms with Gasteiger partial charge in [0, 0.05) is 92.2 Å². The van der Waals surface area contributed by atoms with Gasteiger partial charge in [-0.3, -0.25) is 10.1 Å². The Bertz CT molecular complexity index is 6840. The van der Waals surface area contributed by atoms with Gasteiger partial charge in [-0.2, -0.15) is 0 Å². The Morgan fingerprint density at radius 2 is 0.800 bits per heavy atom. The van der Waals surface area contributed by atoms with Crippen molar-refractivity contribution in [2.45, 2.75) is 205 Å². The van der Waals surface area contributed by atoms with Gasteiger partial charge in [-0.05, 0) is 272 Å². The van der Waals surface area contributed by atoms with Gasteiger partial charge >= 0.3 is 23.9 Å². The van der Waals surface area contributed by atoms with Crippen molar-refractivity contribution in [3.63, 3.8) is 0 Å². The predicted octanol–water partition coefficient (Wildman–Crippen LogP) is 22.9. The molecule has 0 radical (unpaired) electrons. The second kappa shape index (κ2) is 37.0. The van der Waals surface area contributed by atoms with Crippen LogP contribution in [0.3, 0.4) is 0 Å². The highest BCUT2D eigenvalue weighted by Crippen LogP contribution is 2.52. The number of anilines is 1. The van der Waals surface area contributed by atoms with Crippen LogP contribution in [0.4, 0.5) is 11.4 Å². The Morgan fingerprint density at radius 1 is 0.485 bits per heavy atom. The average Bonchev–Trinajstić information content (AvgIpc) is 1.55. The third-order valence-corrected chi connectivity index (χ3v) is 23.7. The minimum absolute atomic E-state index is 0.0952. The lowest BCUT2D eigenvalue weighted by Crippen LogP contribution is -2.29. The molecule has 30 heteroatoms. The van der Waals surface area contributed by atoms with E-state index in [1.165, 1.54) is 21.3 Å². The maximum Gasteiger partial charge on any atom is 0.339 e. The minimum Gasteiger partial charge on any atom is -0.479 e. The zero-order valence-corrected chi connectivity index (χ0v) is 80.0. The Labute approximate surface area is 774 Å². The van der Waals surface area contributed by atoms with E-state index in [0.717, 1.165) is 139 Å². The number of halogens is 4. The summed E-state index contributed by atoms with van der Waals surface area (Å²) in [6, 6.07) is 37.9. The van der Waals surface area contributed by atoms with E-state index >= 15 is 0 Å². The largest absolute Gasteiger partial charge is 0.479 e. The van der Waals surface area contributed by atoms with E-state index in [9.17, 15) is 34.4 Å². The van der Waals surface area contributed by atoms with Crippen LogP contribution in [0.25, 0.3) is 99.5 Å². The summed E-state index contributed by atoms with van der Waals surface area (Å²) in [5.41, 5.74) is 27.4. The quantitative estimate of drug-likeness (QED) is 0.0179. The number of methoxy groups -OCH3 is 3. The van der Waals surface area contributed by atoms with Crippen LogP contribution in [0.2, 0.25) is 20.1 Å². The number of hydrogen-bond donors (Lipinski definition) is 3. The number of aryl methyl sites for hydroxylation is 4. The van der Waals surface area contributed by atoms with Gasteiger partial charge < -0.3 is 62.7 Å². The van der Waals surface area contributed by atoms with Crippen molar-refractivity contribution in [2.24, 2.45) is 0 Å². The van der Waals surface area contributed by atoms with Gasteiger partial charge in [0.1, 0.15) is 5.52 Å². The number of rotatable bonds is 18. The molecule has 26 nitrogen and oxygen atoms in total. The summed E-state index contributed by atoms with van der Waals surface area (Å²) >= 11 is 24.6. The molecule has 0 saturated carbocycles. The number of fused-ring (bicyclic) bond motifs is 6. The third kappa shape index (κ3) is 18.8. The van der Waals surface area contributed by atoms with E-state index in [4.69, 9.17) is 91.7 Å². The number of nitrogens with zero attached hydrogens (tertiary/aromatic N) is 10. The minimum atomic E-state index is -1.17. The topological polar surface area (TPSA) is 314 Å². The van der Waals surface area contributed by atoms with Crippen LogP contribution in [0.5, 0.6) is 0 Å². The monoisotopic (exact) mass is 1840 g/mol. The first kappa shape index (κ1) is 95.4. The number of nitrogens with one attached hydrogen (secondary N) is 1. The molecule has 678 valence electrons. The second-order valence-corrected chi connectivity index (χ2v) is 38.1. The van der Waals surface area contributed by atoms with Gasteiger partial charge in [-0.15, -0.1) is 16.6 Å². The lowest BCUT2D eigenvalue weighted by Gasteiger charge is -2.31. The van der Waals surface area contributed by atoms with E-state index in [1.54, 1.807) is 31.5 Å². The highest BCUT2D eigenvalue weighted by molar-refractivity contribution is 6.32. The van der Waals surface area contributed by atoms with Crippen molar-refractivity contribution < 1.29 is 62.4 Å². The zero-order valence-electron chi connectivity index (χ0n) is 77.0. The summed E-state index contributed by atoms with van der Waals surface area (Å²) in [4.78, 5) is 66.3. The lowest BCUT2D eigenvalue weighted by molar-refractivity contribution is -0.383. The number of carbonyl (C=O) groups excluding carboxylic acids is 3. The Balaban J connectivity index is 0.000000148. The first-order chi connectivity index (χ1) is 61.1. The molecule has 8 heterocycles.